The summed E-state index contributed by atoms with van der Waals surface area (Å²) in [5, 5.41) is 5.88. The minimum absolute atomic E-state index is 0.0960. The van der Waals surface area contributed by atoms with E-state index in [-0.39, 0.29) is 5.91 Å². The molecule has 0 aliphatic carbocycles. The maximum absolute atomic E-state index is 11.6. The Hall–Kier alpha value is -1.79. The number of thiophene rings is 1. The summed E-state index contributed by atoms with van der Waals surface area (Å²) in [5.41, 5.74) is 3.68. The molecule has 21 heavy (non-hydrogen) atoms. The molecule has 110 valence electrons. The Bertz CT molecular complexity index is 580. The number of amides is 1. The second kappa shape index (κ2) is 8.49. The topological polar surface area (TPSA) is 50.7 Å². The molecule has 1 amide bonds. The van der Waals surface area contributed by atoms with Crippen LogP contribution >= 0.6 is 23.1 Å². The Kier molecular flexibility index (Phi) is 6.30. The van der Waals surface area contributed by atoms with Gasteiger partial charge in [-0.2, -0.15) is 5.10 Å². The molecule has 0 aliphatic heterocycles. The van der Waals surface area contributed by atoms with Gasteiger partial charge in [0.1, 0.15) is 5.75 Å². The third kappa shape index (κ3) is 5.61. The van der Waals surface area contributed by atoms with Gasteiger partial charge in [0.15, 0.2) is 0 Å². The fourth-order valence-corrected chi connectivity index (χ4v) is 2.91. The van der Waals surface area contributed by atoms with Crippen LogP contribution in [0.25, 0.3) is 0 Å². The second-order valence-corrected chi connectivity index (χ2v) is 6.11. The number of carbonyl (C=O) groups excluding carboxylic acids is 1. The number of hydrazone groups is 1. The maximum Gasteiger partial charge on any atom is 0.250 e. The molecule has 2 rings (SSSR count). The lowest BCUT2D eigenvalue weighted by molar-refractivity contribution is -0.118. The number of hydrogen-bond donors (Lipinski definition) is 1. The number of nitrogens with one attached hydrogen (secondary N) is 1. The predicted molar refractivity (Wildman–Crippen MR) is 89.2 cm³/mol. The van der Waals surface area contributed by atoms with E-state index in [1.807, 2.05) is 41.8 Å². The van der Waals surface area contributed by atoms with E-state index in [2.05, 4.69) is 10.5 Å². The van der Waals surface area contributed by atoms with E-state index in [0.29, 0.717) is 5.75 Å². The number of ether oxygens (including phenoxy) is 1. The van der Waals surface area contributed by atoms with E-state index < -0.39 is 0 Å². The van der Waals surface area contributed by atoms with Gasteiger partial charge in [0.05, 0.1) is 19.1 Å². The van der Waals surface area contributed by atoms with Crippen molar-refractivity contribution in [3.63, 3.8) is 0 Å². The molecule has 0 unspecified atom stereocenters. The SMILES string of the molecule is COc1ccc(CSCC(=O)N/N=C\c2cccs2)cc1. The summed E-state index contributed by atoms with van der Waals surface area (Å²) in [7, 11) is 1.64. The van der Waals surface area contributed by atoms with E-state index >= 15 is 0 Å². The van der Waals surface area contributed by atoms with E-state index in [4.69, 9.17) is 4.74 Å². The Morgan fingerprint density at radius 2 is 2.19 bits per heavy atom. The second-order valence-electron chi connectivity index (χ2n) is 4.15. The standard InChI is InChI=1S/C15H16N2O2S2/c1-19-13-6-4-12(5-7-13)10-20-11-15(18)17-16-9-14-3-2-8-21-14/h2-9H,10-11H2,1H3,(H,17,18)/b16-9-. The van der Waals surface area contributed by atoms with Gasteiger partial charge < -0.3 is 4.74 Å². The highest BCUT2D eigenvalue weighted by Crippen LogP contribution is 2.16. The van der Waals surface area contributed by atoms with Crippen molar-refractivity contribution in [1.29, 1.82) is 0 Å². The van der Waals surface area contributed by atoms with Crippen molar-refractivity contribution in [3.8, 4) is 5.75 Å². The zero-order valence-corrected chi connectivity index (χ0v) is 13.2. The van der Waals surface area contributed by atoms with Gasteiger partial charge >= 0.3 is 0 Å². The van der Waals surface area contributed by atoms with Crippen molar-refractivity contribution in [2.45, 2.75) is 5.75 Å². The monoisotopic (exact) mass is 320 g/mol. The van der Waals surface area contributed by atoms with Crippen LogP contribution in [-0.4, -0.2) is 25.0 Å². The summed E-state index contributed by atoms with van der Waals surface area (Å²) in [6.07, 6.45) is 1.65. The normalized spacial score (nSPS) is 10.7. The number of nitrogens with zero attached hydrogens (tertiary/aromatic N) is 1. The van der Waals surface area contributed by atoms with E-state index in [9.17, 15) is 4.79 Å². The first-order valence-electron chi connectivity index (χ1n) is 6.34. The van der Waals surface area contributed by atoms with Crippen LogP contribution in [0.2, 0.25) is 0 Å². The van der Waals surface area contributed by atoms with E-state index in [1.165, 1.54) is 0 Å². The zero-order chi connectivity index (χ0) is 14.9. The average molecular weight is 320 g/mol. The number of benzene rings is 1. The van der Waals surface area contributed by atoms with Gasteiger partial charge in [-0.3, -0.25) is 4.79 Å². The largest absolute Gasteiger partial charge is 0.497 e. The van der Waals surface area contributed by atoms with Crippen molar-refractivity contribution < 1.29 is 9.53 Å². The highest BCUT2D eigenvalue weighted by atomic mass is 32.2. The van der Waals surface area contributed by atoms with E-state index in [0.717, 1.165) is 21.9 Å². The number of hydrogen-bond acceptors (Lipinski definition) is 5. The van der Waals surface area contributed by atoms with Gasteiger partial charge in [-0.15, -0.1) is 23.1 Å². The smallest absolute Gasteiger partial charge is 0.250 e. The van der Waals surface area contributed by atoms with Gasteiger partial charge in [-0.25, -0.2) is 5.43 Å². The van der Waals surface area contributed by atoms with Crippen LogP contribution < -0.4 is 10.2 Å². The predicted octanol–water partition coefficient (Wildman–Crippen LogP) is 3.14. The minimum atomic E-state index is -0.0960. The Balaban J connectivity index is 1.66. The third-order valence-electron chi connectivity index (χ3n) is 2.59. The summed E-state index contributed by atoms with van der Waals surface area (Å²) in [4.78, 5) is 12.6. The van der Waals surface area contributed by atoms with Gasteiger partial charge in [0.2, 0.25) is 5.91 Å². The van der Waals surface area contributed by atoms with Crippen LogP contribution in [0.1, 0.15) is 10.4 Å². The molecule has 0 saturated heterocycles. The molecule has 1 N–H and O–H groups in total. The van der Waals surface area contributed by atoms with Crippen molar-refractivity contribution in [1.82, 2.24) is 5.43 Å². The summed E-state index contributed by atoms with van der Waals surface area (Å²) in [6, 6.07) is 11.7. The van der Waals surface area contributed by atoms with E-state index in [1.54, 1.807) is 36.4 Å². The molecule has 0 radical (unpaired) electrons. The molecule has 0 atom stereocenters. The Morgan fingerprint density at radius 1 is 1.38 bits per heavy atom. The van der Waals surface area contributed by atoms with Crippen molar-refractivity contribution >= 4 is 35.2 Å². The molecular formula is C15H16N2O2S2. The Morgan fingerprint density at radius 3 is 2.86 bits per heavy atom. The molecule has 0 fully saturated rings. The highest BCUT2D eigenvalue weighted by Gasteiger charge is 2.01. The molecule has 2 aromatic rings. The lowest BCUT2D eigenvalue weighted by atomic mass is 10.2. The fraction of sp³-hybridized carbons (Fsp3) is 0.200. The fourth-order valence-electron chi connectivity index (χ4n) is 1.55. The Labute approximate surface area is 132 Å². The summed E-state index contributed by atoms with van der Waals surface area (Å²) in [6.45, 7) is 0. The quantitative estimate of drug-likeness (QED) is 0.630. The average Bonchev–Trinajstić information content (AvgIpc) is 3.01. The molecule has 0 spiro atoms. The number of rotatable bonds is 7. The molecule has 0 aliphatic rings. The molecule has 1 aromatic carbocycles. The van der Waals surface area contributed by atoms with Crippen LogP contribution in [-0.2, 0) is 10.5 Å². The van der Waals surface area contributed by atoms with Crippen LogP contribution in [0.3, 0.4) is 0 Å². The highest BCUT2D eigenvalue weighted by molar-refractivity contribution is 7.99. The van der Waals surface area contributed by atoms with Crippen molar-refractivity contribution in [2.24, 2.45) is 5.10 Å². The van der Waals surface area contributed by atoms with Crippen LogP contribution in [0.5, 0.6) is 5.75 Å². The number of thioether (sulfide) groups is 1. The first-order chi connectivity index (χ1) is 10.3. The third-order valence-corrected chi connectivity index (χ3v) is 4.40. The zero-order valence-electron chi connectivity index (χ0n) is 11.6. The maximum atomic E-state index is 11.6. The minimum Gasteiger partial charge on any atom is -0.497 e. The first-order valence-corrected chi connectivity index (χ1v) is 8.37. The lowest BCUT2D eigenvalue weighted by Gasteiger charge is -2.03. The molecule has 0 saturated carbocycles. The molecule has 6 heteroatoms. The van der Waals surface area contributed by atoms with Gasteiger partial charge in [0, 0.05) is 10.6 Å². The number of methoxy groups -OCH3 is 1. The molecule has 4 nitrogen and oxygen atoms in total. The first kappa shape index (κ1) is 15.6. The summed E-state index contributed by atoms with van der Waals surface area (Å²) >= 11 is 3.13. The van der Waals surface area contributed by atoms with Gasteiger partial charge in [-0.05, 0) is 29.1 Å². The molecule has 0 bridgehead atoms. The van der Waals surface area contributed by atoms with Crippen LogP contribution in [0, 0.1) is 0 Å². The van der Waals surface area contributed by atoms with Gasteiger partial charge in [0.25, 0.3) is 0 Å². The van der Waals surface area contributed by atoms with Crippen LogP contribution in [0.4, 0.5) is 0 Å². The van der Waals surface area contributed by atoms with Crippen LogP contribution in [0.15, 0.2) is 46.9 Å². The van der Waals surface area contributed by atoms with Gasteiger partial charge in [-0.1, -0.05) is 18.2 Å². The molecular weight excluding hydrogens is 304 g/mol. The lowest BCUT2D eigenvalue weighted by Crippen LogP contribution is -2.19. The van der Waals surface area contributed by atoms with Crippen molar-refractivity contribution in [3.05, 3.63) is 52.2 Å². The summed E-state index contributed by atoms with van der Waals surface area (Å²) in [5.74, 6) is 1.91. The van der Waals surface area contributed by atoms with Crippen molar-refractivity contribution in [2.75, 3.05) is 12.9 Å². The molecule has 1 aromatic heterocycles. The number of carbonyl (C=O) groups is 1. The molecule has 1 heterocycles. The summed E-state index contributed by atoms with van der Waals surface area (Å²) < 4.78 is 5.10.